The Morgan fingerprint density at radius 3 is 3.00 bits per heavy atom. The van der Waals surface area contributed by atoms with Crippen molar-refractivity contribution >= 4 is 5.96 Å². The molecule has 4 nitrogen and oxygen atoms in total. The molecule has 0 aliphatic carbocycles. The first-order chi connectivity index (χ1) is 7.86. The molecule has 0 atom stereocenters. The maximum Gasteiger partial charge on any atom is 0.193 e. The van der Waals surface area contributed by atoms with Crippen LogP contribution in [0.1, 0.15) is 25.7 Å². The number of rotatable bonds is 3. The molecule has 1 fully saturated rings. The van der Waals surface area contributed by atoms with Gasteiger partial charge in [0.25, 0.3) is 0 Å². The van der Waals surface area contributed by atoms with Crippen molar-refractivity contribution in [2.24, 2.45) is 10.9 Å². The molecular formula is C12H24N4. The first-order valence-corrected chi connectivity index (χ1v) is 6.56. The van der Waals surface area contributed by atoms with Crippen LogP contribution >= 0.6 is 0 Å². The Morgan fingerprint density at radius 1 is 1.44 bits per heavy atom. The molecule has 0 radical (unpaired) electrons. The van der Waals surface area contributed by atoms with Gasteiger partial charge >= 0.3 is 0 Å². The fourth-order valence-corrected chi connectivity index (χ4v) is 2.47. The lowest BCUT2D eigenvalue weighted by Crippen LogP contribution is -2.43. The third kappa shape index (κ3) is 3.37. The average Bonchev–Trinajstić information content (AvgIpc) is 2.33. The highest BCUT2D eigenvalue weighted by Gasteiger charge is 2.14. The Labute approximate surface area is 98.5 Å². The van der Waals surface area contributed by atoms with Gasteiger partial charge in [0, 0.05) is 26.7 Å². The Balaban J connectivity index is 1.65. The van der Waals surface area contributed by atoms with Crippen molar-refractivity contribution in [3.8, 4) is 0 Å². The molecule has 2 heterocycles. The van der Waals surface area contributed by atoms with Gasteiger partial charge in [0.1, 0.15) is 0 Å². The molecule has 2 aliphatic heterocycles. The van der Waals surface area contributed by atoms with Crippen LogP contribution in [0.15, 0.2) is 4.99 Å². The molecule has 0 aromatic heterocycles. The van der Waals surface area contributed by atoms with Crippen LogP contribution in [-0.4, -0.2) is 50.6 Å². The summed E-state index contributed by atoms with van der Waals surface area (Å²) in [6.45, 7) is 5.60. The quantitative estimate of drug-likeness (QED) is 0.740. The molecule has 0 bridgehead atoms. The predicted molar refractivity (Wildman–Crippen MR) is 67.8 cm³/mol. The Bertz CT molecular complexity index is 233. The minimum absolute atomic E-state index is 0.906. The maximum absolute atomic E-state index is 4.51. The SMILES string of the molecule is CN1CCCN=C1NCCC1CCNCC1. The van der Waals surface area contributed by atoms with Gasteiger partial charge in [-0.2, -0.15) is 0 Å². The molecule has 0 unspecified atom stereocenters. The Kier molecular flexibility index (Phi) is 4.45. The van der Waals surface area contributed by atoms with Gasteiger partial charge in [-0.25, -0.2) is 0 Å². The van der Waals surface area contributed by atoms with Gasteiger partial charge in [-0.15, -0.1) is 0 Å². The largest absolute Gasteiger partial charge is 0.356 e. The van der Waals surface area contributed by atoms with E-state index in [0.717, 1.165) is 31.5 Å². The highest BCUT2D eigenvalue weighted by molar-refractivity contribution is 5.80. The number of aliphatic imine (C=N–C) groups is 1. The predicted octanol–water partition coefficient (Wildman–Crippen LogP) is 0.657. The zero-order valence-corrected chi connectivity index (χ0v) is 10.3. The fraction of sp³-hybridized carbons (Fsp3) is 0.917. The van der Waals surface area contributed by atoms with Gasteiger partial charge in [0.2, 0.25) is 0 Å². The van der Waals surface area contributed by atoms with Crippen molar-refractivity contribution in [1.29, 1.82) is 0 Å². The van der Waals surface area contributed by atoms with Crippen LogP contribution in [0.5, 0.6) is 0 Å². The van der Waals surface area contributed by atoms with E-state index in [1.165, 1.54) is 38.8 Å². The van der Waals surface area contributed by atoms with Crippen molar-refractivity contribution < 1.29 is 0 Å². The molecule has 2 rings (SSSR count). The van der Waals surface area contributed by atoms with E-state index < -0.39 is 0 Å². The van der Waals surface area contributed by atoms with E-state index in [1.54, 1.807) is 0 Å². The molecule has 0 amide bonds. The molecule has 16 heavy (non-hydrogen) atoms. The highest BCUT2D eigenvalue weighted by atomic mass is 15.3. The molecule has 2 N–H and O–H groups in total. The van der Waals surface area contributed by atoms with Crippen molar-refractivity contribution in [2.45, 2.75) is 25.7 Å². The Morgan fingerprint density at radius 2 is 2.25 bits per heavy atom. The number of nitrogens with zero attached hydrogens (tertiary/aromatic N) is 2. The second-order valence-electron chi connectivity index (χ2n) is 4.89. The lowest BCUT2D eigenvalue weighted by molar-refractivity contribution is 0.350. The van der Waals surface area contributed by atoms with Crippen molar-refractivity contribution in [1.82, 2.24) is 15.5 Å². The van der Waals surface area contributed by atoms with Gasteiger partial charge in [0.15, 0.2) is 5.96 Å². The minimum atomic E-state index is 0.906. The molecule has 4 heteroatoms. The van der Waals surface area contributed by atoms with E-state index in [2.05, 4.69) is 27.6 Å². The van der Waals surface area contributed by atoms with Crippen LogP contribution in [0.25, 0.3) is 0 Å². The van der Waals surface area contributed by atoms with E-state index in [-0.39, 0.29) is 0 Å². The van der Waals surface area contributed by atoms with Gasteiger partial charge in [0.05, 0.1) is 0 Å². The number of nitrogens with one attached hydrogen (secondary N) is 2. The van der Waals surface area contributed by atoms with Crippen LogP contribution in [0.3, 0.4) is 0 Å². The summed E-state index contributed by atoms with van der Waals surface area (Å²) in [6.07, 6.45) is 5.15. The van der Waals surface area contributed by atoms with Gasteiger partial charge < -0.3 is 15.5 Å². The van der Waals surface area contributed by atoms with Gasteiger partial charge in [-0.05, 0) is 44.7 Å². The van der Waals surface area contributed by atoms with Crippen LogP contribution in [0, 0.1) is 5.92 Å². The van der Waals surface area contributed by atoms with Crippen LogP contribution in [0.2, 0.25) is 0 Å². The first kappa shape index (κ1) is 11.7. The highest BCUT2D eigenvalue weighted by Crippen LogP contribution is 2.14. The minimum Gasteiger partial charge on any atom is -0.356 e. The monoisotopic (exact) mass is 224 g/mol. The Hall–Kier alpha value is -0.770. The zero-order chi connectivity index (χ0) is 11.2. The molecule has 0 saturated carbocycles. The molecular weight excluding hydrogens is 200 g/mol. The molecule has 0 aromatic carbocycles. The molecule has 1 saturated heterocycles. The third-order valence-corrected chi connectivity index (χ3v) is 3.57. The zero-order valence-electron chi connectivity index (χ0n) is 10.3. The standard InChI is InChI=1S/C12H24N4/c1-16-10-2-6-14-12(16)15-9-5-11-3-7-13-8-4-11/h11,13H,2-10H2,1H3,(H,14,15). The second kappa shape index (κ2) is 6.09. The number of piperidine rings is 1. The summed E-state index contributed by atoms with van der Waals surface area (Å²) in [5, 5.41) is 6.88. The van der Waals surface area contributed by atoms with Crippen molar-refractivity contribution in [3.63, 3.8) is 0 Å². The van der Waals surface area contributed by atoms with Crippen LogP contribution < -0.4 is 10.6 Å². The number of hydrogen-bond donors (Lipinski definition) is 2. The smallest absolute Gasteiger partial charge is 0.193 e. The summed E-state index contributed by atoms with van der Waals surface area (Å²) in [5.41, 5.74) is 0. The van der Waals surface area contributed by atoms with E-state index in [9.17, 15) is 0 Å². The first-order valence-electron chi connectivity index (χ1n) is 6.56. The summed E-state index contributed by atoms with van der Waals surface area (Å²) < 4.78 is 0. The summed E-state index contributed by atoms with van der Waals surface area (Å²) in [6, 6.07) is 0. The molecule has 2 aliphatic rings. The van der Waals surface area contributed by atoms with Crippen LogP contribution in [-0.2, 0) is 0 Å². The van der Waals surface area contributed by atoms with Crippen molar-refractivity contribution in [3.05, 3.63) is 0 Å². The molecule has 0 spiro atoms. The average molecular weight is 224 g/mol. The molecule has 92 valence electrons. The summed E-state index contributed by atoms with van der Waals surface area (Å²) in [7, 11) is 2.12. The fourth-order valence-electron chi connectivity index (χ4n) is 2.47. The lowest BCUT2D eigenvalue weighted by atomic mass is 9.95. The summed E-state index contributed by atoms with van der Waals surface area (Å²) in [4.78, 5) is 6.74. The topological polar surface area (TPSA) is 39.7 Å². The third-order valence-electron chi connectivity index (χ3n) is 3.57. The van der Waals surface area contributed by atoms with E-state index >= 15 is 0 Å². The summed E-state index contributed by atoms with van der Waals surface area (Å²) in [5.74, 6) is 2.00. The van der Waals surface area contributed by atoms with E-state index in [1.807, 2.05) is 0 Å². The van der Waals surface area contributed by atoms with Crippen molar-refractivity contribution in [2.75, 3.05) is 39.8 Å². The number of guanidine groups is 1. The molecule has 0 aromatic rings. The van der Waals surface area contributed by atoms with Gasteiger partial charge in [-0.1, -0.05) is 0 Å². The normalized spacial score (nSPS) is 23.1. The lowest BCUT2D eigenvalue weighted by Gasteiger charge is -2.27. The maximum atomic E-state index is 4.51. The van der Waals surface area contributed by atoms with E-state index in [4.69, 9.17) is 0 Å². The van der Waals surface area contributed by atoms with E-state index in [0.29, 0.717) is 0 Å². The summed E-state index contributed by atoms with van der Waals surface area (Å²) >= 11 is 0. The second-order valence-corrected chi connectivity index (χ2v) is 4.89. The number of hydrogen-bond acceptors (Lipinski definition) is 4. The van der Waals surface area contributed by atoms with Gasteiger partial charge in [-0.3, -0.25) is 4.99 Å². The van der Waals surface area contributed by atoms with Crippen LogP contribution in [0.4, 0.5) is 0 Å².